The zero-order valence-electron chi connectivity index (χ0n) is 10.2. The van der Waals surface area contributed by atoms with Gasteiger partial charge in [0.25, 0.3) is 0 Å². The predicted octanol–water partition coefficient (Wildman–Crippen LogP) is 0.348. The lowest BCUT2D eigenvalue weighted by Gasteiger charge is -2.48. The van der Waals surface area contributed by atoms with Crippen LogP contribution in [0.2, 0.25) is 0 Å². The van der Waals surface area contributed by atoms with E-state index in [-0.39, 0.29) is 17.0 Å². The molecule has 0 saturated carbocycles. The van der Waals surface area contributed by atoms with Gasteiger partial charge >= 0.3 is 5.97 Å². The van der Waals surface area contributed by atoms with E-state index < -0.39 is 12.0 Å². The third-order valence-corrected chi connectivity index (χ3v) is 5.43. The first-order valence-electron chi connectivity index (χ1n) is 5.76. The molecule has 9 heteroatoms. The molecular formula is C11H11N3O4S2. The molecule has 1 aromatic rings. The monoisotopic (exact) mass is 313 g/mol. The Labute approximate surface area is 122 Å². The maximum Gasteiger partial charge on any atom is 0.352 e. The van der Waals surface area contributed by atoms with E-state index in [1.807, 2.05) is 0 Å². The van der Waals surface area contributed by atoms with Gasteiger partial charge in [0.2, 0.25) is 5.91 Å². The van der Waals surface area contributed by atoms with Crippen LogP contribution in [0, 0.1) is 0 Å². The number of carbonyl (C=O) groups is 2. The SMILES string of the molecule is NC1C(=O)N2C(C(=O)O)=C(CSc3cnco3)CS[C@@H]12. The highest BCUT2D eigenvalue weighted by Gasteiger charge is 2.51. The molecule has 0 bridgehead atoms. The fraction of sp³-hybridized carbons (Fsp3) is 0.364. The van der Waals surface area contributed by atoms with Crippen molar-refractivity contribution in [1.29, 1.82) is 0 Å². The first-order chi connectivity index (χ1) is 9.59. The van der Waals surface area contributed by atoms with Crippen molar-refractivity contribution < 1.29 is 19.1 Å². The molecule has 106 valence electrons. The number of β-lactam (4-membered cyclic amide) rings is 1. The Balaban J connectivity index is 1.82. The fourth-order valence-electron chi connectivity index (χ4n) is 2.12. The second-order valence-electron chi connectivity index (χ2n) is 4.30. The predicted molar refractivity (Wildman–Crippen MR) is 73.0 cm³/mol. The summed E-state index contributed by atoms with van der Waals surface area (Å²) in [7, 11) is 0. The van der Waals surface area contributed by atoms with Crippen molar-refractivity contribution in [2.75, 3.05) is 11.5 Å². The van der Waals surface area contributed by atoms with Crippen molar-refractivity contribution in [3.8, 4) is 0 Å². The average Bonchev–Trinajstić information content (AvgIpc) is 2.96. The Morgan fingerprint density at radius 2 is 2.50 bits per heavy atom. The van der Waals surface area contributed by atoms with Gasteiger partial charge in [0.1, 0.15) is 17.1 Å². The molecule has 2 aliphatic heterocycles. The van der Waals surface area contributed by atoms with E-state index in [4.69, 9.17) is 10.2 Å². The molecule has 3 heterocycles. The minimum Gasteiger partial charge on any atom is -0.477 e. The molecule has 1 unspecified atom stereocenters. The maximum atomic E-state index is 11.7. The minimum atomic E-state index is -1.09. The number of hydrogen-bond acceptors (Lipinski definition) is 7. The van der Waals surface area contributed by atoms with Crippen molar-refractivity contribution in [3.63, 3.8) is 0 Å². The number of hydrogen-bond donors (Lipinski definition) is 2. The molecule has 3 rings (SSSR count). The van der Waals surface area contributed by atoms with Crippen LogP contribution in [0.15, 0.2) is 33.4 Å². The first-order valence-corrected chi connectivity index (χ1v) is 7.80. The second kappa shape index (κ2) is 5.15. The summed E-state index contributed by atoms with van der Waals surface area (Å²) in [5.41, 5.74) is 6.44. The van der Waals surface area contributed by atoms with E-state index >= 15 is 0 Å². The van der Waals surface area contributed by atoms with Gasteiger partial charge in [0.15, 0.2) is 11.5 Å². The average molecular weight is 313 g/mol. The number of fused-ring (bicyclic) bond motifs is 1. The second-order valence-corrected chi connectivity index (χ2v) is 6.39. The fourth-order valence-corrected chi connectivity index (χ4v) is 4.35. The van der Waals surface area contributed by atoms with Crippen LogP contribution in [0.3, 0.4) is 0 Å². The molecule has 0 aromatic carbocycles. The van der Waals surface area contributed by atoms with Crippen LogP contribution in [-0.2, 0) is 9.59 Å². The summed E-state index contributed by atoms with van der Waals surface area (Å²) in [5.74, 6) is -0.439. The minimum absolute atomic E-state index is 0.0625. The standard InChI is InChI=1S/C11H11N3O4S2/c12-7-9(15)14-8(11(16)17)5(3-20-10(7)14)2-19-6-1-13-4-18-6/h1,4,7,10H,2-3,12H2,(H,16,17)/t7?,10-/m0/s1. The van der Waals surface area contributed by atoms with Gasteiger partial charge in [-0.05, 0) is 5.57 Å². The van der Waals surface area contributed by atoms with Crippen LogP contribution < -0.4 is 5.73 Å². The van der Waals surface area contributed by atoms with Gasteiger partial charge in [-0.15, -0.1) is 11.8 Å². The molecule has 2 aliphatic rings. The van der Waals surface area contributed by atoms with Crippen LogP contribution in [0.5, 0.6) is 0 Å². The topological polar surface area (TPSA) is 110 Å². The highest BCUT2D eigenvalue weighted by molar-refractivity contribution is 8.01. The molecule has 1 aromatic heterocycles. The molecule has 1 amide bonds. The van der Waals surface area contributed by atoms with Gasteiger partial charge < -0.3 is 15.3 Å². The molecule has 1 saturated heterocycles. The Bertz CT molecular complexity index is 586. The zero-order chi connectivity index (χ0) is 14.3. The van der Waals surface area contributed by atoms with Gasteiger partial charge in [-0.25, -0.2) is 9.78 Å². The van der Waals surface area contributed by atoms with Crippen molar-refractivity contribution >= 4 is 35.4 Å². The Morgan fingerprint density at radius 3 is 3.15 bits per heavy atom. The zero-order valence-corrected chi connectivity index (χ0v) is 11.8. The van der Waals surface area contributed by atoms with E-state index in [1.54, 1.807) is 6.20 Å². The summed E-state index contributed by atoms with van der Waals surface area (Å²) in [6.07, 6.45) is 2.88. The number of amides is 1. The number of thioether (sulfide) groups is 2. The number of carboxylic acid groups (broad SMARTS) is 1. The van der Waals surface area contributed by atoms with Crippen molar-refractivity contribution in [2.45, 2.75) is 16.5 Å². The summed E-state index contributed by atoms with van der Waals surface area (Å²) in [4.78, 5) is 28.2. The number of nitrogens with two attached hydrogens (primary N) is 1. The number of aliphatic carboxylic acids is 1. The quantitative estimate of drug-likeness (QED) is 0.605. The van der Waals surface area contributed by atoms with E-state index in [1.165, 1.54) is 34.8 Å². The number of nitrogens with zero attached hydrogens (tertiary/aromatic N) is 2. The number of aromatic nitrogens is 1. The number of rotatable bonds is 4. The lowest BCUT2D eigenvalue weighted by Crippen LogP contribution is -2.68. The summed E-state index contributed by atoms with van der Waals surface area (Å²) in [6, 6.07) is -0.599. The normalized spacial score (nSPS) is 25.4. The highest BCUT2D eigenvalue weighted by atomic mass is 32.2. The van der Waals surface area contributed by atoms with Crippen LogP contribution in [0.4, 0.5) is 0 Å². The molecule has 2 atom stereocenters. The molecule has 7 nitrogen and oxygen atoms in total. The van der Waals surface area contributed by atoms with Crippen LogP contribution >= 0.6 is 23.5 Å². The maximum absolute atomic E-state index is 11.7. The van der Waals surface area contributed by atoms with Crippen molar-refractivity contribution in [3.05, 3.63) is 23.9 Å². The molecule has 20 heavy (non-hydrogen) atoms. The number of carbonyl (C=O) groups excluding carboxylic acids is 1. The first kappa shape index (κ1) is 13.5. The van der Waals surface area contributed by atoms with E-state index in [0.29, 0.717) is 22.2 Å². The van der Waals surface area contributed by atoms with E-state index in [2.05, 4.69) is 4.98 Å². The molecular weight excluding hydrogens is 302 g/mol. The molecule has 0 radical (unpaired) electrons. The third-order valence-electron chi connectivity index (χ3n) is 3.09. The van der Waals surface area contributed by atoms with Crippen LogP contribution in [-0.4, -0.2) is 49.8 Å². The number of oxazole rings is 1. The van der Waals surface area contributed by atoms with Gasteiger partial charge in [-0.1, -0.05) is 11.8 Å². The number of carboxylic acids is 1. The van der Waals surface area contributed by atoms with E-state index in [9.17, 15) is 14.7 Å². The smallest absolute Gasteiger partial charge is 0.352 e. The largest absolute Gasteiger partial charge is 0.477 e. The van der Waals surface area contributed by atoms with Crippen molar-refractivity contribution in [1.82, 2.24) is 9.88 Å². The van der Waals surface area contributed by atoms with Crippen LogP contribution in [0.25, 0.3) is 0 Å². The third kappa shape index (κ3) is 2.11. The van der Waals surface area contributed by atoms with Gasteiger partial charge in [0.05, 0.1) is 6.20 Å². The van der Waals surface area contributed by atoms with Crippen molar-refractivity contribution in [2.24, 2.45) is 5.73 Å². The summed E-state index contributed by atoms with van der Waals surface area (Å²) >= 11 is 2.84. The Kier molecular flexibility index (Phi) is 3.48. The molecule has 0 spiro atoms. The summed E-state index contributed by atoms with van der Waals surface area (Å²) in [5, 5.41) is 9.70. The Hall–Kier alpha value is -1.45. The molecule has 1 fully saturated rings. The Morgan fingerprint density at radius 1 is 1.70 bits per heavy atom. The van der Waals surface area contributed by atoms with Crippen LogP contribution in [0.1, 0.15) is 0 Å². The van der Waals surface area contributed by atoms with Gasteiger partial charge in [0, 0.05) is 11.5 Å². The molecule has 0 aliphatic carbocycles. The van der Waals surface area contributed by atoms with Gasteiger partial charge in [-0.2, -0.15) is 0 Å². The van der Waals surface area contributed by atoms with E-state index in [0.717, 1.165) is 0 Å². The lowest BCUT2D eigenvalue weighted by molar-refractivity contribution is -0.147. The van der Waals surface area contributed by atoms with Gasteiger partial charge in [-0.3, -0.25) is 9.69 Å². The molecule has 3 N–H and O–H groups in total. The highest BCUT2D eigenvalue weighted by Crippen LogP contribution is 2.40. The summed E-state index contributed by atoms with van der Waals surface area (Å²) < 4.78 is 5.09. The summed E-state index contributed by atoms with van der Waals surface area (Å²) in [6.45, 7) is 0. The lowest BCUT2D eigenvalue weighted by atomic mass is 10.0.